The van der Waals surface area contributed by atoms with Gasteiger partial charge in [-0.3, -0.25) is 9.69 Å². The van der Waals surface area contributed by atoms with E-state index in [1.807, 2.05) is 31.0 Å². The Morgan fingerprint density at radius 3 is 2.94 bits per heavy atom. The normalized spacial score (nSPS) is 12.4. The molecule has 1 rings (SSSR count). The van der Waals surface area contributed by atoms with Crippen LogP contribution >= 0.6 is 23.1 Å². The van der Waals surface area contributed by atoms with E-state index in [0.717, 1.165) is 28.8 Å². The largest absolute Gasteiger partial charge is 0.328 e. The first kappa shape index (κ1) is 15.5. The topological polar surface area (TPSA) is 59.2 Å². The van der Waals surface area contributed by atoms with Crippen LogP contribution in [0.3, 0.4) is 0 Å². The summed E-state index contributed by atoms with van der Waals surface area (Å²) in [6.07, 6.45) is 1.02. The van der Waals surface area contributed by atoms with Crippen molar-refractivity contribution in [3.63, 3.8) is 0 Å². The van der Waals surface area contributed by atoms with Gasteiger partial charge in [0, 0.05) is 30.6 Å². The summed E-state index contributed by atoms with van der Waals surface area (Å²) >= 11 is 3.37. The van der Waals surface area contributed by atoms with Crippen LogP contribution in [0.25, 0.3) is 0 Å². The van der Waals surface area contributed by atoms with Gasteiger partial charge in [-0.15, -0.1) is 11.3 Å². The zero-order chi connectivity index (χ0) is 13.5. The van der Waals surface area contributed by atoms with Crippen molar-refractivity contribution in [2.75, 3.05) is 17.2 Å². The number of nitrogens with zero attached hydrogens (tertiary/aromatic N) is 2. The quantitative estimate of drug-likeness (QED) is 0.783. The number of anilines is 1. The Kier molecular flexibility index (Phi) is 6.67. The van der Waals surface area contributed by atoms with E-state index in [1.165, 1.54) is 11.3 Å². The second-order valence-electron chi connectivity index (χ2n) is 4.20. The molecule has 0 aliphatic carbocycles. The number of thiazole rings is 1. The van der Waals surface area contributed by atoms with Crippen LogP contribution in [-0.4, -0.2) is 29.2 Å². The molecule has 0 saturated heterocycles. The smallest absolute Gasteiger partial charge is 0.225 e. The summed E-state index contributed by atoms with van der Waals surface area (Å²) in [5.41, 5.74) is 6.74. The van der Waals surface area contributed by atoms with E-state index >= 15 is 0 Å². The van der Waals surface area contributed by atoms with Crippen molar-refractivity contribution in [2.24, 2.45) is 5.73 Å². The van der Waals surface area contributed by atoms with Gasteiger partial charge in [-0.05, 0) is 26.0 Å². The molecular formula is C12H21N3OS2. The number of amides is 1. The summed E-state index contributed by atoms with van der Waals surface area (Å²) in [5.74, 6) is 1.98. The maximum Gasteiger partial charge on any atom is 0.225 e. The van der Waals surface area contributed by atoms with Crippen LogP contribution in [-0.2, 0) is 10.5 Å². The van der Waals surface area contributed by atoms with Crippen LogP contribution in [0.4, 0.5) is 5.13 Å². The third kappa shape index (κ3) is 4.96. The highest BCUT2D eigenvalue weighted by atomic mass is 32.2. The molecule has 0 aliphatic heterocycles. The SMILES string of the molecule is CCN(C(C)=O)c1nc(CSCCC(C)N)cs1. The van der Waals surface area contributed by atoms with Crippen LogP contribution < -0.4 is 10.6 Å². The molecule has 6 heteroatoms. The number of rotatable bonds is 7. The minimum atomic E-state index is 0.0445. The van der Waals surface area contributed by atoms with Crippen LogP contribution in [0, 0.1) is 0 Å². The van der Waals surface area contributed by atoms with Crippen LogP contribution in [0.5, 0.6) is 0 Å². The molecule has 0 spiro atoms. The molecule has 0 radical (unpaired) electrons. The average molecular weight is 287 g/mol. The summed E-state index contributed by atoms with van der Waals surface area (Å²) in [4.78, 5) is 17.6. The maximum absolute atomic E-state index is 11.4. The van der Waals surface area contributed by atoms with Crippen molar-refractivity contribution in [3.05, 3.63) is 11.1 Å². The van der Waals surface area contributed by atoms with Crippen LogP contribution in [0.2, 0.25) is 0 Å². The molecular weight excluding hydrogens is 266 g/mol. The number of aromatic nitrogens is 1. The van der Waals surface area contributed by atoms with Gasteiger partial charge in [-0.2, -0.15) is 11.8 Å². The average Bonchev–Trinajstić information content (AvgIpc) is 2.73. The molecule has 1 aromatic rings. The molecule has 1 amide bonds. The first-order valence-electron chi connectivity index (χ1n) is 6.10. The van der Waals surface area contributed by atoms with Crippen LogP contribution in [0.15, 0.2) is 5.38 Å². The van der Waals surface area contributed by atoms with Gasteiger partial charge < -0.3 is 5.73 Å². The number of nitrogens with two attached hydrogens (primary N) is 1. The van der Waals surface area contributed by atoms with Crippen molar-refractivity contribution < 1.29 is 4.79 Å². The predicted octanol–water partition coefficient (Wildman–Crippen LogP) is 2.49. The maximum atomic E-state index is 11.4. The number of carbonyl (C=O) groups excluding carboxylic acids is 1. The summed E-state index contributed by atoms with van der Waals surface area (Å²) in [6, 6.07) is 0.261. The Balaban J connectivity index is 2.45. The lowest BCUT2D eigenvalue weighted by atomic mass is 10.3. The van der Waals surface area contributed by atoms with Gasteiger partial charge in [0.2, 0.25) is 5.91 Å². The van der Waals surface area contributed by atoms with E-state index in [4.69, 9.17) is 5.73 Å². The Labute approximate surface area is 117 Å². The first-order valence-corrected chi connectivity index (χ1v) is 8.13. The highest BCUT2D eigenvalue weighted by molar-refractivity contribution is 7.98. The van der Waals surface area contributed by atoms with Gasteiger partial charge in [-0.1, -0.05) is 0 Å². The first-order chi connectivity index (χ1) is 8.54. The van der Waals surface area contributed by atoms with Crippen molar-refractivity contribution in [2.45, 2.75) is 39.0 Å². The molecule has 0 saturated carbocycles. The number of thioether (sulfide) groups is 1. The molecule has 0 bridgehead atoms. The summed E-state index contributed by atoms with van der Waals surface area (Å²) in [7, 11) is 0. The molecule has 0 aromatic carbocycles. The summed E-state index contributed by atoms with van der Waals surface area (Å²) in [5, 5.41) is 2.83. The summed E-state index contributed by atoms with van der Waals surface area (Å²) in [6.45, 7) is 6.22. The van der Waals surface area contributed by atoms with Gasteiger partial charge >= 0.3 is 0 Å². The third-order valence-corrected chi connectivity index (χ3v) is 4.37. The van der Waals surface area contributed by atoms with E-state index in [9.17, 15) is 4.79 Å². The Bertz CT molecular complexity index is 379. The molecule has 102 valence electrons. The Morgan fingerprint density at radius 2 is 2.39 bits per heavy atom. The monoisotopic (exact) mass is 287 g/mol. The van der Waals surface area contributed by atoms with Gasteiger partial charge in [0.15, 0.2) is 5.13 Å². The molecule has 1 atom stereocenters. The Morgan fingerprint density at radius 1 is 1.67 bits per heavy atom. The highest BCUT2D eigenvalue weighted by Gasteiger charge is 2.13. The van der Waals surface area contributed by atoms with Gasteiger partial charge in [0.25, 0.3) is 0 Å². The molecule has 0 aliphatic rings. The van der Waals surface area contributed by atoms with Crippen molar-refractivity contribution in [3.8, 4) is 0 Å². The second kappa shape index (κ2) is 7.76. The van der Waals surface area contributed by atoms with E-state index in [-0.39, 0.29) is 11.9 Å². The fraction of sp³-hybridized carbons (Fsp3) is 0.667. The fourth-order valence-electron chi connectivity index (χ4n) is 1.43. The molecule has 1 heterocycles. The Hall–Kier alpha value is -0.590. The molecule has 4 nitrogen and oxygen atoms in total. The minimum absolute atomic E-state index is 0.0445. The lowest BCUT2D eigenvalue weighted by Gasteiger charge is -2.14. The minimum Gasteiger partial charge on any atom is -0.328 e. The molecule has 1 aromatic heterocycles. The molecule has 2 N–H and O–H groups in total. The van der Waals surface area contributed by atoms with E-state index in [0.29, 0.717) is 6.54 Å². The second-order valence-corrected chi connectivity index (χ2v) is 6.14. The van der Waals surface area contributed by atoms with Gasteiger partial charge in [0.1, 0.15) is 0 Å². The molecule has 1 unspecified atom stereocenters. The molecule has 0 fully saturated rings. The van der Waals surface area contributed by atoms with Crippen molar-refractivity contribution >= 4 is 34.1 Å². The van der Waals surface area contributed by atoms with Crippen molar-refractivity contribution in [1.29, 1.82) is 0 Å². The van der Waals surface area contributed by atoms with Gasteiger partial charge in [0.05, 0.1) is 5.69 Å². The third-order valence-electron chi connectivity index (χ3n) is 2.43. The van der Waals surface area contributed by atoms with E-state index in [1.54, 1.807) is 11.8 Å². The zero-order valence-corrected chi connectivity index (χ0v) is 12.8. The predicted molar refractivity (Wildman–Crippen MR) is 80.2 cm³/mol. The summed E-state index contributed by atoms with van der Waals surface area (Å²) < 4.78 is 0. The van der Waals surface area contributed by atoms with Crippen LogP contribution in [0.1, 0.15) is 32.9 Å². The molecule has 18 heavy (non-hydrogen) atoms. The highest BCUT2D eigenvalue weighted by Crippen LogP contribution is 2.23. The van der Waals surface area contributed by atoms with Gasteiger partial charge in [-0.25, -0.2) is 4.98 Å². The number of hydrogen-bond donors (Lipinski definition) is 1. The standard InChI is InChI=1S/C12H21N3OS2/c1-4-15(10(3)16)12-14-11(8-18-12)7-17-6-5-9(2)13/h8-9H,4-7,13H2,1-3H3. The van der Waals surface area contributed by atoms with Crippen molar-refractivity contribution in [1.82, 2.24) is 4.98 Å². The lowest BCUT2D eigenvalue weighted by molar-refractivity contribution is -0.116. The lowest BCUT2D eigenvalue weighted by Crippen LogP contribution is -2.27. The zero-order valence-electron chi connectivity index (χ0n) is 11.2. The van der Waals surface area contributed by atoms with E-state index < -0.39 is 0 Å². The fourth-order valence-corrected chi connectivity index (χ4v) is 3.50. The number of carbonyl (C=O) groups is 1. The van der Waals surface area contributed by atoms with E-state index in [2.05, 4.69) is 4.98 Å². The number of hydrogen-bond acceptors (Lipinski definition) is 5.